The Morgan fingerprint density at radius 1 is 1.24 bits per heavy atom. The van der Waals surface area contributed by atoms with Crippen molar-refractivity contribution in [2.24, 2.45) is 0 Å². The zero-order valence-corrected chi connectivity index (χ0v) is 10.3. The molecular formula is C14H13ClNO+. The Morgan fingerprint density at radius 2 is 1.94 bits per heavy atom. The van der Waals surface area contributed by atoms with Gasteiger partial charge in [-0.15, -0.1) is 0 Å². The van der Waals surface area contributed by atoms with Crippen LogP contribution in [0, 0.1) is 6.92 Å². The van der Waals surface area contributed by atoms with Crippen LogP contribution < -0.4 is 4.57 Å². The molecule has 0 spiro atoms. The summed E-state index contributed by atoms with van der Waals surface area (Å²) in [6.45, 7) is 2.23. The van der Waals surface area contributed by atoms with E-state index in [1.165, 1.54) is 0 Å². The Hall–Kier alpha value is -1.67. The van der Waals surface area contributed by atoms with Crippen LogP contribution in [0.15, 0.2) is 48.7 Å². The van der Waals surface area contributed by atoms with Crippen LogP contribution in [0.4, 0.5) is 0 Å². The molecule has 0 saturated carbocycles. The van der Waals surface area contributed by atoms with Crippen molar-refractivity contribution < 1.29 is 9.36 Å². The van der Waals surface area contributed by atoms with Gasteiger partial charge in [-0.05, 0) is 24.1 Å². The molecule has 0 radical (unpaired) electrons. The van der Waals surface area contributed by atoms with Gasteiger partial charge in [0.05, 0.1) is 0 Å². The number of Topliss-reactive ketones (excluding diaryl/α,β-unsaturated/α-hetero) is 1. The van der Waals surface area contributed by atoms with E-state index < -0.39 is 0 Å². The number of hydrogen-bond donors (Lipinski definition) is 0. The number of nitrogens with zero attached hydrogens (tertiary/aromatic N) is 1. The second kappa shape index (κ2) is 5.11. The highest BCUT2D eigenvalue weighted by molar-refractivity contribution is 6.28. The molecule has 0 aliphatic carbocycles. The molecule has 0 atom stereocenters. The third kappa shape index (κ3) is 2.92. The van der Waals surface area contributed by atoms with Crippen molar-refractivity contribution in [1.29, 1.82) is 0 Å². The fraction of sp³-hybridized carbons (Fsp3) is 0.143. The minimum absolute atomic E-state index is 0.0568. The summed E-state index contributed by atoms with van der Waals surface area (Å²) in [6.07, 6.45) is 1.83. The van der Waals surface area contributed by atoms with Gasteiger partial charge in [0.25, 0.3) is 5.15 Å². The number of aromatic nitrogens is 1. The molecule has 0 aliphatic rings. The number of aryl methyl sites for hydroxylation is 1. The van der Waals surface area contributed by atoms with Gasteiger partial charge >= 0.3 is 0 Å². The number of halogens is 1. The van der Waals surface area contributed by atoms with Crippen LogP contribution in [0.1, 0.15) is 15.9 Å². The molecule has 0 amide bonds. The van der Waals surface area contributed by atoms with Gasteiger partial charge in [-0.2, -0.15) is 4.57 Å². The van der Waals surface area contributed by atoms with E-state index in [0.717, 1.165) is 5.56 Å². The number of pyridine rings is 1. The first kappa shape index (κ1) is 11.8. The predicted octanol–water partition coefficient (Wildman–Crippen LogP) is 2.82. The molecule has 3 heteroatoms. The van der Waals surface area contributed by atoms with E-state index in [2.05, 4.69) is 0 Å². The van der Waals surface area contributed by atoms with Crippen LogP contribution in [-0.4, -0.2) is 5.78 Å². The lowest BCUT2D eigenvalue weighted by Gasteiger charge is -2.00. The van der Waals surface area contributed by atoms with Crippen molar-refractivity contribution >= 4 is 17.4 Å². The van der Waals surface area contributed by atoms with E-state index in [9.17, 15) is 4.79 Å². The molecule has 1 aromatic carbocycles. The van der Waals surface area contributed by atoms with Crippen molar-refractivity contribution in [2.45, 2.75) is 13.5 Å². The summed E-state index contributed by atoms with van der Waals surface area (Å²) in [5.41, 5.74) is 1.79. The zero-order chi connectivity index (χ0) is 12.3. The number of benzene rings is 1. The average molecular weight is 247 g/mol. The van der Waals surface area contributed by atoms with Crippen LogP contribution in [0.5, 0.6) is 0 Å². The van der Waals surface area contributed by atoms with Gasteiger partial charge in [-0.1, -0.05) is 30.3 Å². The Bertz CT molecular complexity index is 537. The Balaban J connectivity index is 2.19. The minimum Gasteiger partial charge on any atom is -0.287 e. The first-order chi connectivity index (χ1) is 8.16. The fourth-order valence-electron chi connectivity index (χ4n) is 1.60. The molecule has 2 nitrogen and oxygen atoms in total. The molecule has 2 rings (SSSR count). The van der Waals surface area contributed by atoms with Gasteiger partial charge in [0.1, 0.15) is 0 Å². The summed E-state index contributed by atoms with van der Waals surface area (Å²) >= 11 is 6.07. The van der Waals surface area contributed by atoms with Crippen molar-refractivity contribution in [1.82, 2.24) is 0 Å². The molecule has 1 heterocycles. The lowest BCUT2D eigenvalue weighted by atomic mass is 10.1. The van der Waals surface area contributed by atoms with E-state index in [-0.39, 0.29) is 12.3 Å². The summed E-state index contributed by atoms with van der Waals surface area (Å²) in [7, 11) is 0. The largest absolute Gasteiger partial charge is 0.287 e. The van der Waals surface area contributed by atoms with Gasteiger partial charge in [-0.25, -0.2) is 0 Å². The van der Waals surface area contributed by atoms with Crippen LogP contribution in [0.2, 0.25) is 5.15 Å². The number of rotatable bonds is 3. The van der Waals surface area contributed by atoms with Gasteiger partial charge in [0, 0.05) is 17.7 Å². The van der Waals surface area contributed by atoms with Crippen molar-refractivity contribution in [3.05, 3.63) is 64.9 Å². The molecule has 0 unspecified atom stereocenters. The zero-order valence-electron chi connectivity index (χ0n) is 9.56. The highest BCUT2D eigenvalue weighted by Crippen LogP contribution is 2.06. The monoisotopic (exact) mass is 246 g/mol. The number of carbonyl (C=O) groups is 1. The van der Waals surface area contributed by atoms with Crippen LogP contribution in [-0.2, 0) is 6.54 Å². The Labute approximate surface area is 105 Å². The standard InChI is InChI=1S/C14H13ClNO/c1-11-7-8-16(14(15)9-11)10-13(17)12-5-3-2-4-6-12/h2-9H,10H2,1H3/q+1. The van der Waals surface area contributed by atoms with E-state index in [1.807, 2.05) is 55.6 Å². The number of carbonyl (C=O) groups excluding carboxylic acids is 1. The van der Waals surface area contributed by atoms with Gasteiger partial charge < -0.3 is 0 Å². The highest BCUT2D eigenvalue weighted by atomic mass is 35.5. The normalized spacial score (nSPS) is 10.2. The molecule has 2 aromatic rings. The predicted molar refractivity (Wildman–Crippen MR) is 67.2 cm³/mol. The van der Waals surface area contributed by atoms with Gasteiger partial charge in [0.15, 0.2) is 6.20 Å². The SMILES string of the molecule is Cc1cc[n+](CC(=O)c2ccccc2)c(Cl)c1. The van der Waals surface area contributed by atoms with Crippen molar-refractivity contribution in [3.8, 4) is 0 Å². The van der Waals surface area contributed by atoms with Crippen LogP contribution >= 0.6 is 11.6 Å². The van der Waals surface area contributed by atoms with E-state index in [0.29, 0.717) is 10.7 Å². The summed E-state index contributed by atoms with van der Waals surface area (Å²) in [5, 5.41) is 0.578. The molecule has 0 N–H and O–H groups in total. The van der Waals surface area contributed by atoms with Crippen LogP contribution in [0.3, 0.4) is 0 Å². The Kier molecular flexibility index (Phi) is 3.55. The summed E-state index contributed by atoms with van der Waals surface area (Å²) in [4.78, 5) is 12.0. The average Bonchev–Trinajstić information content (AvgIpc) is 2.34. The molecule has 86 valence electrons. The van der Waals surface area contributed by atoms with Crippen molar-refractivity contribution in [2.75, 3.05) is 0 Å². The van der Waals surface area contributed by atoms with Gasteiger partial charge in [0.2, 0.25) is 12.3 Å². The lowest BCUT2D eigenvalue weighted by molar-refractivity contribution is -0.681. The molecule has 0 fully saturated rings. The van der Waals surface area contributed by atoms with E-state index >= 15 is 0 Å². The summed E-state index contributed by atoms with van der Waals surface area (Å²) in [5.74, 6) is 0.0568. The van der Waals surface area contributed by atoms with Gasteiger partial charge in [-0.3, -0.25) is 4.79 Å². The first-order valence-electron chi connectivity index (χ1n) is 5.40. The minimum atomic E-state index is 0.0568. The third-order valence-electron chi connectivity index (χ3n) is 2.55. The third-order valence-corrected chi connectivity index (χ3v) is 2.87. The maximum Gasteiger partial charge on any atom is 0.275 e. The quantitative estimate of drug-likeness (QED) is 0.464. The lowest BCUT2D eigenvalue weighted by Crippen LogP contribution is -2.38. The first-order valence-corrected chi connectivity index (χ1v) is 5.78. The van der Waals surface area contributed by atoms with E-state index in [4.69, 9.17) is 11.6 Å². The number of ketones is 1. The molecule has 0 aliphatic heterocycles. The van der Waals surface area contributed by atoms with Crippen LogP contribution in [0.25, 0.3) is 0 Å². The second-order valence-corrected chi connectivity index (χ2v) is 4.33. The molecule has 17 heavy (non-hydrogen) atoms. The smallest absolute Gasteiger partial charge is 0.275 e. The maximum atomic E-state index is 12.0. The summed E-state index contributed by atoms with van der Waals surface area (Å²) in [6, 6.07) is 13.0. The number of hydrogen-bond acceptors (Lipinski definition) is 1. The Morgan fingerprint density at radius 3 is 2.59 bits per heavy atom. The van der Waals surface area contributed by atoms with Crippen molar-refractivity contribution in [3.63, 3.8) is 0 Å². The molecular weight excluding hydrogens is 234 g/mol. The summed E-state index contributed by atoms with van der Waals surface area (Å²) < 4.78 is 1.74. The fourth-order valence-corrected chi connectivity index (χ4v) is 1.88. The second-order valence-electron chi connectivity index (χ2n) is 3.94. The maximum absolute atomic E-state index is 12.0. The molecule has 1 aromatic heterocycles. The van der Waals surface area contributed by atoms with E-state index in [1.54, 1.807) is 4.57 Å². The highest BCUT2D eigenvalue weighted by Gasteiger charge is 2.14. The molecule has 0 saturated heterocycles. The topological polar surface area (TPSA) is 20.9 Å². The molecule has 0 bridgehead atoms.